The largest absolute Gasteiger partial charge is 0.379 e. The molecule has 0 amide bonds. The first-order valence-electron chi connectivity index (χ1n) is 6.29. The molecule has 0 unspecified atom stereocenters. The fourth-order valence-electron chi connectivity index (χ4n) is 1.63. The van der Waals surface area contributed by atoms with Crippen LogP contribution in [0.15, 0.2) is 29.6 Å². The van der Waals surface area contributed by atoms with Gasteiger partial charge in [-0.3, -0.25) is 10.1 Å². The van der Waals surface area contributed by atoms with E-state index in [2.05, 4.69) is 31.1 Å². The Morgan fingerprint density at radius 2 is 1.95 bits per heavy atom. The zero-order chi connectivity index (χ0) is 14.8. The Morgan fingerprint density at radius 3 is 2.45 bits per heavy atom. The standard InChI is InChI=1S/C14H17N3O2S/c1-14(2,3)13-16-11(9-20-13)8-15-10-4-6-12(7-5-10)17(18)19/h4-7,9,15H,8H2,1-3H3. The van der Waals surface area contributed by atoms with Crippen molar-refractivity contribution in [2.75, 3.05) is 5.32 Å². The minimum absolute atomic E-state index is 0.0657. The number of nitrogens with zero attached hydrogens (tertiary/aromatic N) is 2. The Kier molecular flexibility index (Phi) is 4.04. The highest BCUT2D eigenvalue weighted by atomic mass is 32.1. The van der Waals surface area contributed by atoms with Gasteiger partial charge < -0.3 is 5.32 Å². The van der Waals surface area contributed by atoms with Gasteiger partial charge in [0.15, 0.2) is 0 Å². The summed E-state index contributed by atoms with van der Waals surface area (Å²) in [5, 5.41) is 16.9. The lowest BCUT2D eigenvalue weighted by atomic mass is 9.98. The molecule has 1 heterocycles. The number of thiazole rings is 1. The summed E-state index contributed by atoms with van der Waals surface area (Å²) in [5.41, 5.74) is 1.99. The summed E-state index contributed by atoms with van der Waals surface area (Å²) < 4.78 is 0. The molecule has 0 fully saturated rings. The topological polar surface area (TPSA) is 68.1 Å². The first-order valence-corrected chi connectivity index (χ1v) is 7.17. The maximum Gasteiger partial charge on any atom is 0.269 e. The van der Waals surface area contributed by atoms with Crippen LogP contribution in [0.5, 0.6) is 0 Å². The van der Waals surface area contributed by atoms with E-state index in [0.29, 0.717) is 6.54 Å². The SMILES string of the molecule is CC(C)(C)c1nc(CNc2ccc([N+](=O)[O-])cc2)cs1. The number of aromatic nitrogens is 1. The van der Waals surface area contributed by atoms with Crippen LogP contribution in [0.1, 0.15) is 31.5 Å². The van der Waals surface area contributed by atoms with E-state index in [1.54, 1.807) is 23.5 Å². The van der Waals surface area contributed by atoms with Crippen LogP contribution in [0.3, 0.4) is 0 Å². The van der Waals surface area contributed by atoms with E-state index in [9.17, 15) is 10.1 Å². The molecule has 2 aromatic rings. The molecular formula is C14H17N3O2S. The summed E-state index contributed by atoms with van der Waals surface area (Å²) in [6, 6.07) is 6.39. The molecule has 2 rings (SSSR count). The average molecular weight is 291 g/mol. The summed E-state index contributed by atoms with van der Waals surface area (Å²) >= 11 is 1.66. The summed E-state index contributed by atoms with van der Waals surface area (Å²) in [4.78, 5) is 14.8. The lowest BCUT2D eigenvalue weighted by Gasteiger charge is -2.13. The molecule has 1 N–H and O–H groups in total. The van der Waals surface area contributed by atoms with Crippen molar-refractivity contribution in [3.05, 3.63) is 50.5 Å². The predicted molar refractivity (Wildman–Crippen MR) is 81.2 cm³/mol. The molecule has 0 saturated heterocycles. The Hall–Kier alpha value is -1.95. The highest BCUT2D eigenvalue weighted by Crippen LogP contribution is 2.26. The molecule has 5 nitrogen and oxygen atoms in total. The minimum atomic E-state index is -0.403. The molecule has 0 aliphatic heterocycles. The van der Waals surface area contributed by atoms with Crippen LogP contribution < -0.4 is 5.32 Å². The van der Waals surface area contributed by atoms with E-state index >= 15 is 0 Å². The van der Waals surface area contributed by atoms with Crippen LogP contribution in [0.2, 0.25) is 0 Å². The number of hydrogen-bond donors (Lipinski definition) is 1. The molecule has 106 valence electrons. The van der Waals surface area contributed by atoms with Crippen LogP contribution in [-0.4, -0.2) is 9.91 Å². The molecule has 0 radical (unpaired) electrons. The number of nitrogens with one attached hydrogen (secondary N) is 1. The van der Waals surface area contributed by atoms with Gasteiger partial charge in [-0.2, -0.15) is 0 Å². The second kappa shape index (κ2) is 5.58. The van der Waals surface area contributed by atoms with Crippen molar-refractivity contribution in [3.63, 3.8) is 0 Å². The van der Waals surface area contributed by atoms with E-state index in [1.165, 1.54) is 12.1 Å². The Bertz CT molecular complexity index is 600. The number of nitro benzene ring substituents is 1. The van der Waals surface area contributed by atoms with Gasteiger partial charge in [0.1, 0.15) is 0 Å². The Morgan fingerprint density at radius 1 is 1.30 bits per heavy atom. The van der Waals surface area contributed by atoms with Gasteiger partial charge in [0.05, 0.1) is 22.2 Å². The molecule has 0 bridgehead atoms. The maximum absolute atomic E-state index is 10.6. The summed E-state index contributed by atoms with van der Waals surface area (Å²) in [7, 11) is 0. The zero-order valence-corrected chi connectivity index (χ0v) is 12.5. The quantitative estimate of drug-likeness (QED) is 0.684. The number of non-ortho nitro benzene ring substituents is 1. The van der Waals surface area contributed by atoms with E-state index in [1.807, 2.05) is 5.38 Å². The number of nitro groups is 1. The van der Waals surface area contributed by atoms with Gasteiger partial charge in [-0.1, -0.05) is 20.8 Å². The highest BCUT2D eigenvalue weighted by molar-refractivity contribution is 7.09. The smallest absolute Gasteiger partial charge is 0.269 e. The minimum Gasteiger partial charge on any atom is -0.379 e. The van der Waals surface area contributed by atoms with Crippen LogP contribution in [-0.2, 0) is 12.0 Å². The monoisotopic (exact) mass is 291 g/mol. The summed E-state index contributed by atoms with van der Waals surface area (Å²) in [6.07, 6.45) is 0. The van der Waals surface area contributed by atoms with Crippen molar-refractivity contribution in [2.24, 2.45) is 0 Å². The van der Waals surface area contributed by atoms with Crippen molar-refractivity contribution < 1.29 is 4.92 Å². The first-order chi connectivity index (χ1) is 9.36. The molecule has 0 saturated carbocycles. The second-order valence-corrected chi connectivity index (χ2v) is 6.41. The van der Waals surface area contributed by atoms with Gasteiger partial charge in [-0.25, -0.2) is 4.98 Å². The third kappa shape index (κ3) is 3.54. The third-order valence-electron chi connectivity index (χ3n) is 2.75. The normalized spacial score (nSPS) is 11.3. The molecule has 20 heavy (non-hydrogen) atoms. The summed E-state index contributed by atoms with van der Waals surface area (Å²) in [6.45, 7) is 7.03. The zero-order valence-electron chi connectivity index (χ0n) is 11.7. The van der Waals surface area contributed by atoms with Crippen molar-refractivity contribution in [1.82, 2.24) is 4.98 Å². The van der Waals surface area contributed by atoms with E-state index in [0.717, 1.165) is 16.4 Å². The molecule has 0 aliphatic rings. The van der Waals surface area contributed by atoms with Crippen LogP contribution in [0.4, 0.5) is 11.4 Å². The van der Waals surface area contributed by atoms with Gasteiger partial charge in [-0.15, -0.1) is 11.3 Å². The van der Waals surface area contributed by atoms with Gasteiger partial charge in [0, 0.05) is 28.6 Å². The number of rotatable bonds is 4. The lowest BCUT2D eigenvalue weighted by Crippen LogP contribution is -2.11. The molecule has 0 aliphatic carbocycles. The lowest BCUT2D eigenvalue weighted by molar-refractivity contribution is -0.384. The van der Waals surface area contributed by atoms with Crippen molar-refractivity contribution in [2.45, 2.75) is 32.7 Å². The van der Waals surface area contributed by atoms with Crippen LogP contribution >= 0.6 is 11.3 Å². The van der Waals surface area contributed by atoms with E-state index in [4.69, 9.17) is 0 Å². The maximum atomic E-state index is 10.6. The van der Waals surface area contributed by atoms with Crippen molar-refractivity contribution in [3.8, 4) is 0 Å². The van der Waals surface area contributed by atoms with Crippen molar-refractivity contribution in [1.29, 1.82) is 0 Å². The predicted octanol–water partition coefficient (Wildman–Crippen LogP) is 3.96. The first kappa shape index (κ1) is 14.5. The summed E-state index contributed by atoms with van der Waals surface area (Å²) in [5.74, 6) is 0. The molecule has 0 atom stereocenters. The van der Waals surface area contributed by atoms with Crippen LogP contribution in [0, 0.1) is 10.1 Å². The van der Waals surface area contributed by atoms with Gasteiger partial charge in [0.25, 0.3) is 5.69 Å². The number of anilines is 1. The molecule has 1 aromatic heterocycles. The average Bonchev–Trinajstić information content (AvgIpc) is 2.85. The van der Waals surface area contributed by atoms with Crippen molar-refractivity contribution >= 4 is 22.7 Å². The highest BCUT2D eigenvalue weighted by Gasteiger charge is 2.17. The van der Waals surface area contributed by atoms with Gasteiger partial charge >= 0.3 is 0 Å². The third-order valence-corrected chi connectivity index (χ3v) is 4.06. The van der Waals surface area contributed by atoms with Gasteiger partial charge in [-0.05, 0) is 12.1 Å². The Balaban J connectivity index is 1.98. The van der Waals surface area contributed by atoms with E-state index in [-0.39, 0.29) is 11.1 Å². The second-order valence-electron chi connectivity index (χ2n) is 5.55. The molecule has 0 spiro atoms. The number of benzene rings is 1. The molecule has 6 heteroatoms. The molecule has 1 aromatic carbocycles. The van der Waals surface area contributed by atoms with Crippen LogP contribution in [0.25, 0.3) is 0 Å². The fourth-order valence-corrected chi connectivity index (χ4v) is 2.53. The Labute approximate surface area is 121 Å². The number of hydrogen-bond acceptors (Lipinski definition) is 5. The van der Waals surface area contributed by atoms with E-state index < -0.39 is 4.92 Å². The van der Waals surface area contributed by atoms with Gasteiger partial charge in [0.2, 0.25) is 0 Å². The molecular weight excluding hydrogens is 274 g/mol. The fraction of sp³-hybridized carbons (Fsp3) is 0.357.